The van der Waals surface area contributed by atoms with Crippen LogP contribution in [0, 0.1) is 5.82 Å². The van der Waals surface area contributed by atoms with Gasteiger partial charge in [0.05, 0.1) is 6.42 Å². The van der Waals surface area contributed by atoms with E-state index in [9.17, 15) is 9.18 Å². The first kappa shape index (κ1) is 15.4. The fourth-order valence-corrected chi connectivity index (χ4v) is 2.99. The number of anilines is 1. The summed E-state index contributed by atoms with van der Waals surface area (Å²) in [4.78, 5) is 20.3. The van der Waals surface area contributed by atoms with Crippen LogP contribution in [0.1, 0.15) is 17.0 Å². The molecule has 124 valence electrons. The van der Waals surface area contributed by atoms with Gasteiger partial charge in [-0.05, 0) is 47.4 Å². The fourth-order valence-electron chi connectivity index (χ4n) is 2.99. The molecule has 5 heteroatoms. The van der Waals surface area contributed by atoms with E-state index >= 15 is 0 Å². The highest BCUT2D eigenvalue weighted by molar-refractivity contribution is 5.99. The Balaban J connectivity index is 1.47. The summed E-state index contributed by atoms with van der Waals surface area (Å²) in [6.07, 6.45) is 5.35. The van der Waals surface area contributed by atoms with Gasteiger partial charge in [0.2, 0.25) is 5.91 Å². The maximum absolute atomic E-state index is 13.2. The highest BCUT2D eigenvalue weighted by atomic mass is 19.1. The minimum atomic E-state index is -0.224. The number of nitrogens with zero attached hydrogens (tertiary/aromatic N) is 2. The molecule has 25 heavy (non-hydrogen) atoms. The van der Waals surface area contributed by atoms with E-state index in [0.29, 0.717) is 19.3 Å². The number of hydrogen-bond acceptors (Lipinski definition) is 3. The standard InChI is InChI=1S/C20H16FN3O/c21-17-3-1-2-13(8-17)4-7-19-22-11-16(12-23-19)14-5-6-18-15(9-14)10-20(25)24-18/h1-3,5-6,8-9,11-12H,4,7,10H2,(H,24,25). The average Bonchev–Trinajstić information content (AvgIpc) is 2.99. The van der Waals surface area contributed by atoms with Gasteiger partial charge in [-0.1, -0.05) is 18.2 Å². The van der Waals surface area contributed by atoms with E-state index in [1.54, 1.807) is 18.5 Å². The Kier molecular flexibility index (Phi) is 3.98. The molecule has 2 heterocycles. The van der Waals surface area contributed by atoms with Crippen molar-refractivity contribution in [2.24, 2.45) is 0 Å². The van der Waals surface area contributed by atoms with Crippen LogP contribution >= 0.6 is 0 Å². The van der Waals surface area contributed by atoms with Crippen LogP contribution in [0.15, 0.2) is 54.9 Å². The van der Waals surface area contributed by atoms with E-state index < -0.39 is 0 Å². The third kappa shape index (κ3) is 3.40. The lowest BCUT2D eigenvalue weighted by molar-refractivity contribution is -0.115. The second kappa shape index (κ2) is 6.43. The van der Waals surface area contributed by atoms with E-state index in [1.165, 1.54) is 12.1 Å². The average molecular weight is 333 g/mol. The van der Waals surface area contributed by atoms with Gasteiger partial charge in [-0.2, -0.15) is 0 Å². The van der Waals surface area contributed by atoms with E-state index in [0.717, 1.165) is 33.8 Å². The molecule has 0 fully saturated rings. The zero-order chi connectivity index (χ0) is 17.2. The molecule has 4 nitrogen and oxygen atoms in total. The molecule has 0 saturated heterocycles. The number of nitrogens with one attached hydrogen (secondary N) is 1. The van der Waals surface area contributed by atoms with Crippen molar-refractivity contribution in [3.05, 3.63) is 77.6 Å². The minimum Gasteiger partial charge on any atom is -0.326 e. The monoisotopic (exact) mass is 333 g/mol. The molecule has 1 aliphatic rings. The van der Waals surface area contributed by atoms with Crippen molar-refractivity contribution in [3.63, 3.8) is 0 Å². The van der Waals surface area contributed by atoms with Gasteiger partial charge in [0.15, 0.2) is 0 Å². The van der Waals surface area contributed by atoms with Crippen molar-refractivity contribution in [2.75, 3.05) is 5.32 Å². The summed E-state index contributed by atoms with van der Waals surface area (Å²) in [5.41, 5.74) is 4.71. The Morgan fingerprint density at radius 3 is 2.64 bits per heavy atom. The molecule has 0 spiro atoms. The molecule has 0 radical (unpaired) electrons. The second-order valence-corrected chi connectivity index (χ2v) is 6.11. The van der Waals surface area contributed by atoms with Crippen molar-refractivity contribution in [3.8, 4) is 11.1 Å². The van der Waals surface area contributed by atoms with Crippen LogP contribution in [-0.2, 0) is 24.1 Å². The summed E-state index contributed by atoms with van der Waals surface area (Å²) in [5.74, 6) is 0.528. The van der Waals surface area contributed by atoms with Crippen LogP contribution in [-0.4, -0.2) is 15.9 Å². The highest BCUT2D eigenvalue weighted by Crippen LogP contribution is 2.28. The summed E-state index contributed by atoms with van der Waals surface area (Å²) < 4.78 is 13.2. The smallest absolute Gasteiger partial charge is 0.228 e. The molecule has 0 bridgehead atoms. The van der Waals surface area contributed by atoms with Crippen molar-refractivity contribution in [2.45, 2.75) is 19.3 Å². The summed E-state index contributed by atoms with van der Waals surface area (Å²) >= 11 is 0. The Bertz CT molecular complexity index is 938. The van der Waals surface area contributed by atoms with Gasteiger partial charge in [-0.25, -0.2) is 14.4 Å². The van der Waals surface area contributed by atoms with Crippen molar-refractivity contribution >= 4 is 11.6 Å². The molecular weight excluding hydrogens is 317 g/mol. The molecule has 0 atom stereocenters. The van der Waals surface area contributed by atoms with Crippen LogP contribution in [0.25, 0.3) is 11.1 Å². The van der Waals surface area contributed by atoms with Crippen LogP contribution in [0.3, 0.4) is 0 Å². The van der Waals surface area contributed by atoms with Crippen molar-refractivity contribution in [1.29, 1.82) is 0 Å². The van der Waals surface area contributed by atoms with Crippen molar-refractivity contribution in [1.82, 2.24) is 9.97 Å². The molecule has 0 unspecified atom stereocenters. The van der Waals surface area contributed by atoms with Gasteiger partial charge >= 0.3 is 0 Å². The molecule has 4 rings (SSSR count). The first-order chi connectivity index (χ1) is 12.2. The third-order valence-electron chi connectivity index (χ3n) is 4.30. The van der Waals surface area contributed by atoms with E-state index in [1.807, 2.05) is 24.3 Å². The molecular formula is C20H16FN3O. The van der Waals surface area contributed by atoms with E-state index in [-0.39, 0.29) is 11.7 Å². The van der Waals surface area contributed by atoms with Gasteiger partial charge in [0.25, 0.3) is 0 Å². The number of aryl methyl sites for hydroxylation is 2. The summed E-state index contributed by atoms with van der Waals surface area (Å²) in [7, 11) is 0. The van der Waals surface area contributed by atoms with Crippen LogP contribution < -0.4 is 5.32 Å². The Hall–Kier alpha value is -3.08. The quantitative estimate of drug-likeness (QED) is 0.794. The van der Waals surface area contributed by atoms with Gasteiger partial charge in [-0.3, -0.25) is 4.79 Å². The van der Waals surface area contributed by atoms with Crippen LogP contribution in [0.2, 0.25) is 0 Å². The number of benzene rings is 2. The Morgan fingerprint density at radius 1 is 1.00 bits per heavy atom. The summed E-state index contributed by atoms with van der Waals surface area (Å²) in [6.45, 7) is 0. The second-order valence-electron chi connectivity index (χ2n) is 6.11. The number of fused-ring (bicyclic) bond motifs is 1. The van der Waals surface area contributed by atoms with E-state index in [4.69, 9.17) is 0 Å². The lowest BCUT2D eigenvalue weighted by atomic mass is 10.0. The molecule has 1 N–H and O–H groups in total. The molecule has 2 aromatic carbocycles. The third-order valence-corrected chi connectivity index (χ3v) is 4.30. The number of rotatable bonds is 4. The van der Waals surface area contributed by atoms with Gasteiger partial charge in [0.1, 0.15) is 11.6 Å². The normalized spacial score (nSPS) is 12.8. The predicted octanol–water partition coefficient (Wildman–Crippen LogP) is 3.56. The van der Waals surface area contributed by atoms with Crippen molar-refractivity contribution < 1.29 is 9.18 Å². The molecule has 0 saturated carbocycles. The first-order valence-electron chi connectivity index (χ1n) is 8.16. The number of carbonyl (C=O) groups excluding carboxylic acids is 1. The van der Waals surface area contributed by atoms with Crippen LogP contribution in [0.5, 0.6) is 0 Å². The predicted molar refractivity (Wildman–Crippen MR) is 93.6 cm³/mol. The lowest BCUT2D eigenvalue weighted by Crippen LogP contribution is -2.03. The number of halogens is 1. The fraction of sp³-hybridized carbons (Fsp3) is 0.150. The first-order valence-corrected chi connectivity index (χ1v) is 8.16. The zero-order valence-electron chi connectivity index (χ0n) is 13.5. The maximum Gasteiger partial charge on any atom is 0.228 e. The largest absolute Gasteiger partial charge is 0.326 e. The maximum atomic E-state index is 13.2. The summed E-state index contributed by atoms with van der Waals surface area (Å²) in [6, 6.07) is 12.4. The Labute approximate surface area is 144 Å². The van der Waals surface area contributed by atoms with Gasteiger partial charge in [-0.15, -0.1) is 0 Å². The zero-order valence-corrected chi connectivity index (χ0v) is 13.5. The molecule has 1 amide bonds. The van der Waals surface area contributed by atoms with E-state index in [2.05, 4.69) is 15.3 Å². The topological polar surface area (TPSA) is 54.9 Å². The summed E-state index contributed by atoms with van der Waals surface area (Å²) in [5, 5.41) is 2.82. The molecule has 1 aromatic heterocycles. The Morgan fingerprint density at radius 2 is 1.84 bits per heavy atom. The SMILES string of the molecule is O=C1Cc2cc(-c3cnc(CCc4cccc(F)c4)nc3)ccc2N1. The molecule has 0 aliphatic carbocycles. The lowest BCUT2D eigenvalue weighted by Gasteiger charge is -2.06. The number of aromatic nitrogens is 2. The highest BCUT2D eigenvalue weighted by Gasteiger charge is 2.17. The molecule has 1 aliphatic heterocycles. The minimum absolute atomic E-state index is 0.0242. The number of carbonyl (C=O) groups is 1. The van der Waals surface area contributed by atoms with Crippen LogP contribution in [0.4, 0.5) is 10.1 Å². The van der Waals surface area contributed by atoms with Gasteiger partial charge in [0, 0.05) is 30.1 Å². The van der Waals surface area contributed by atoms with Gasteiger partial charge < -0.3 is 5.32 Å². The number of hydrogen-bond donors (Lipinski definition) is 1. The molecule has 3 aromatic rings. The number of amides is 1.